The second-order valence-electron chi connectivity index (χ2n) is 9.64. The lowest BCUT2D eigenvalue weighted by Crippen LogP contribution is -2.36. The maximum atomic E-state index is 13.4. The molecule has 0 aromatic heterocycles. The number of benzene rings is 3. The number of nitrogens with one attached hydrogen (secondary N) is 1. The molecule has 5 rings (SSSR count). The lowest BCUT2D eigenvalue weighted by molar-refractivity contribution is -0.121. The van der Waals surface area contributed by atoms with E-state index in [0.717, 1.165) is 39.6 Å². The first-order valence-electron chi connectivity index (χ1n) is 12.4. The molecule has 1 atom stereocenters. The third-order valence-corrected chi connectivity index (χ3v) is 9.42. The highest BCUT2D eigenvalue weighted by Gasteiger charge is 2.33. The summed E-state index contributed by atoms with van der Waals surface area (Å²) in [6.07, 6.45) is 8.45. The molecule has 0 spiro atoms. The highest BCUT2D eigenvalue weighted by Crippen LogP contribution is 2.42. The smallest absolute Gasteiger partial charge is 0.264 e. The number of carbonyl (C=O) groups is 1. The zero-order chi connectivity index (χ0) is 24.4. The van der Waals surface area contributed by atoms with E-state index < -0.39 is 21.8 Å². The highest BCUT2D eigenvalue weighted by atomic mass is 79.9. The van der Waals surface area contributed by atoms with Crippen molar-refractivity contribution in [1.82, 2.24) is 4.72 Å². The molecule has 5 nitrogen and oxygen atoms in total. The maximum absolute atomic E-state index is 13.4. The summed E-state index contributed by atoms with van der Waals surface area (Å²) in [6, 6.07) is 16.3. The normalized spacial score (nSPS) is 18.7. The minimum atomic E-state index is -4.03. The Hall–Kier alpha value is -2.38. The SMILES string of the molecule is O=C(NS(=O)(=O)c1cccc2ccccc12)C1CCCc2c(OCC3CCCCC3)ccc(Br)c21. The molecular formula is C28H30BrNO4S. The van der Waals surface area contributed by atoms with Gasteiger partial charge in [0.05, 0.1) is 17.4 Å². The van der Waals surface area contributed by atoms with Gasteiger partial charge in [0.25, 0.3) is 10.0 Å². The monoisotopic (exact) mass is 555 g/mol. The molecule has 1 fully saturated rings. The number of hydrogen-bond acceptors (Lipinski definition) is 4. The Morgan fingerprint density at radius 1 is 0.943 bits per heavy atom. The molecule has 184 valence electrons. The Bertz CT molecular complexity index is 1340. The summed E-state index contributed by atoms with van der Waals surface area (Å²) >= 11 is 3.62. The van der Waals surface area contributed by atoms with E-state index in [4.69, 9.17) is 4.74 Å². The van der Waals surface area contributed by atoms with Crippen LogP contribution in [0.5, 0.6) is 5.75 Å². The lowest BCUT2D eigenvalue weighted by Gasteiger charge is -2.29. The minimum absolute atomic E-state index is 0.114. The Morgan fingerprint density at radius 3 is 2.54 bits per heavy atom. The van der Waals surface area contributed by atoms with Crippen molar-refractivity contribution in [3.8, 4) is 5.75 Å². The van der Waals surface area contributed by atoms with E-state index in [0.29, 0.717) is 24.3 Å². The van der Waals surface area contributed by atoms with E-state index in [9.17, 15) is 13.2 Å². The minimum Gasteiger partial charge on any atom is -0.493 e. The van der Waals surface area contributed by atoms with Gasteiger partial charge >= 0.3 is 0 Å². The lowest BCUT2D eigenvalue weighted by atomic mass is 9.82. The predicted octanol–water partition coefficient (Wildman–Crippen LogP) is 6.49. The summed E-state index contributed by atoms with van der Waals surface area (Å²) < 4.78 is 36.0. The molecule has 3 aromatic rings. The van der Waals surface area contributed by atoms with E-state index in [1.54, 1.807) is 24.3 Å². The van der Waals surface area contributed by atoms with Crippen LogP contribution in [0.3, 0.4) is 0 Å². The molecule has 7 heteroatoms. The molecule has 0 aliphatic heterocycles. The molecule has 35 heavy (non-hydrogen) atoms. The number of halogens is 1. The average Bonchev–Trinajstić information content (AvgIpc) is 2.88. The second kappa shape index (κ2) is 10.3. The van der Waals surface area contributed by atoms with Gasteiger partial charge in [-0.2, -0.15) is 0 Å². The summed E-state index contributed by atoms with van der Waals surface area (Å²) in [5.74, 6) is 0.347. The number of fused-ring (bicyclic) bond motifs is 2. The number of ether oxygens (including phenoxy) is 1. The average molecular weight is 557 g/mol. The van der Waals surface area contributed by atoms with Crippen LogP contribution in [0.1, 0.15) is 62.0 Å². The van der Waals surface area contributed by atoms with E-state index in [1.807, 2.05) is 30.3 Å². The Labute approximate surface area is 215 Å². The van der Waals surface area contributed by atoms with E-state index in [1.165, 1.54) is 32.1 Å². The van der Waals surface area contributed by atoms with Gasteiger partial charge in [-0.3, -0.25) is 4.79 Å². The van der Waals surface area contributed by atoms with Crippen LogP contribution >= 0.6 is 15.9 Å². The predicted molar refractivity (Wildman–Crippen MR) is 141 cm³/mol. The number of sulfonamides is 1. The molecular weight excluding hydrogens is 526 g/mol. The van der Waals surface area contributed by atoms with Crippen molar-refractivity contribution in [2.75, 3.05) is 6.61 Å². The molecule has 0 radical (unpaired) electrons. The van der Waals surface area contributed by atoms with Crippen molar-refractivity contribution < 1.29 is 17.9 Å². The summed E-state index contributed by atoms with van der Waals surface area (Å²) in [4.78, 5) is 13.5. The zero-order valence-electron chi connectivity index (χ0n) is 19.6. The van der Waals surface area contributed by atoms with Gasteiger partial charge in [-0.15, -0.1) is 0 Å². The van der Waals surface area contributed by atoms with Gasteiger partial charge in [-0.1, -0.05) is 71.6 Å². The summed E-state index contributed by atoms with van der Waals surface area (Å²) in [7, 11) is -4.03. The third kappa shape index (κ3) is 5.12. The molecule has 1 N–H and O–H groups in total. The number of rotatable bonds is 6. The Morgan fingerprint density at radius 2 is 1.71 bits per heavy atom. The molecule has 3 aromatic carbocycles. The molecule has 1 unspecified atom stereocenters. The van der Waals surface area contributed by atoms with E-state index >= 15 is 0 Å². The quantitative estimate of drug-likeness (QED) is 0.377. The molecule has 0 heterocycles. The van der Waals surface area contributed by atoms with E-state index in [-0.39, 0.29) is 4.90 Å². The number of hydrogen-bond donors (Lipinski definition) is 1. The highest BCUT2D eigenvalue weighted by molar-refractivity contribution is 9.10. The van der Waals surface area contributed by atoms with Crippen LogP contribution in [-0.2, 0) is 21.2 Å². The molecule has 2 aliphatic rings. The molecule has 0 bridgehead atoms. The standard InChI is InChI=1S/C28H30BrNO4S/c29-24-16-17-25(34-18-19-8-2-1-3-9-19)22-13-7-14-23(27(22)24)28(31)30-35(32,33)26-15-6-11-20-10-4-5-12-21(20)26/h4-6,10-12,15-17,19,23H,1-3,7-9,13-14,18H2,(H,30,31). The first-order valence-corrected chi connectivity index (χ1v) is 14.7. The largest absolute Gasteiger partial charge is 0.493 e. The van der Waals surface area contributed by atoms with Crippen molar-refractivity contribution in [2.45, 2.75) is 62.2 Å². The third-order valence-electron chi connectivity index (χ3n) is 7.32. The number of amides is 1. The van der Waals surface area contributed by atoms with Gasteiger partial charge in [-0.05, 0) is 72.7 Å². The van der Waals surface area contributed by atoms with Crippen LogP contribution in [-0.4, -0.2) is 20.9 Å². The number of carbonyl (C=O) groups excluding carboxylic acids is 1. The molecule has 2 aliphatic carbocycles. The van der Waals surface area contributed by atoms with Crippen molar-refractivity contribution >= 4 is 42.6 Å². The Kier molecular flexibility index (Phi) is 7.17. The fourth-order valence-corrected chi connectivity index (χ4v) is 7.42. The summed E-state index contributed by atoms with van der Waals surface area (Å²) in [6.45, 7) is 0.695. The van der Waals surface area contributed by atoms with Crippen molar-refractivity contribution in [3.05, 3.63) is 70.2 Å². The molecule has 0 saturated heterocycles. The van der Waals surface area contributed by atoms with Crippen LogP contribution in [0.2, 0.25) is 0 Å². The fourth-order valence-electron chi connectivity index (χ4n) is 5.53. The van der Waals surface area contributed by atoms with Gasteiger partial charge in [0.1, 0.15) is 5.75 Å². The van der Waals surface area contributed by atoms with Gasteiger partial charge in [-0.25, -0.2) is 13.1 Å². The summed E-state index contributed by atoms with van der Waals surface area (Å²) in [5.41, 5.74) is 1.87. The molecule has 1 saturated carbocycles. The van der Waals surface area contributed by atoms with Gasteiger partial charge < -0.3 is 4.74 Å². The van der Waals surface area contributed by atoms with Crippen molar-refractivity contribution in [1.29, 1.82) is 0 Å². The van der Waals surface area contributed by atoms with Crippen LogP contribution in [0.15, 0.2) is 64.0 Å². The zero-order valence-corrected chi connectivity index (χ0v) is 22.0. The maximum Gasteiger partial charge on any atom is 0.264 e. The first-order chi connectivity index (χ1) is 16.9. The van der Waals surface area contributed by atoms with Crippen LogP contribution in [0, 0.1) is 5.92 Å². The van der Waals surface area contributed by atoms with E-state index in [2.05, 4.69) is 20.7 Å². The summed E-state index contributed by atoms with van der Waals surface area (Å²) in [5, 5.41) is 1.41. The Balaban J connectivity index is 1.40. The van der Waals surface area contributed by atoms with Crippen LogP contribution < -0.4 is 9.46 Å². The fraction of sp³-hybridized carbons (Fsp3) is 0.393. The first kappa shape index (κ1) is 24.3. The van der Waals surface area contributed by atoms with Crippen molar-refractivity contribution in [2.24, 2.45) is 5.92 Å². The van der Waals surface area contributed by atoms with Gasteiger partial charge in [0, 0.05) is 9.86 Å². The van der Waals surface area contributed by atoms with Gasteiger partial charge in [0.2, 0.25) is 5.91 Å². The molecule has 1 amide bonds. The van der Waals surface area contributed by atoms with Crippen LogP contribution in [0.4, 0.5) is 0 Å². The van der Waals surface area contributed by atoms with Crippen LogP contribution in [0.25, 0.3) is 10.8 Å². The second-order valence-corrected chi connectivity index (χ2v) is 12.1. The topological polar surface area (TPSA) is 72.5 Å². The van der Waals surface area contributed by atoms with Crippen molar-refractivity contribution in [3.63, 3.8) is 0 Å². The van der Waals surface area contributed by atoms with Gasteiger partial charge in [0.15, 0.2) is 0 Å².